The van der Waals surface area contributed by atoms with Gasteiger partial charge in [-0.15, -0.1) is 0 Å². The normalized spacial score (nSPS) is 46.8. The highest BCUT2D eigenvalue weighted by molar-refractivity contribution is 5.07. The molecule has 2 spiro atoms. The molecule has 5 aliphatic rings. The zero-order valence-corrected chi connectivity index (χ0v) is 15.6. The van der Waals surface area contributed by atoms with E-state index >= 15 is 0 Å². The Morgan fingerprint density at radius 2 is 1.46 bits per heavy atom. The molecule has 0 amide bonds. The summed E-state index contributed by atoms with van der Waals surface area (Å²) in [4.78, 5) is 0. The highest BCUT2D eigenvalue weighted by atomic mass is 16.8. The zero-order valence-electron chi connectivity index (χ0n) is 15.6. The predicted octanol–water partition coefficient (Wildman–Crippen LogP) is 1.77. The van der Waals surface area contributed by atoms with Crippen molar-refractivity contribution >= 4 is 0 Å². The van der Waals surface area contributed by atoms with E-state index in [4.69, 9.17) is 23.7 Å². The van der Waals surface area contributed by atoms with Gasteiger partial charge >= 0.3 is 0 Å². The standard InChI is InChI=1S/C19H31NO6/c1-20-19(21)14(13-12-22-17(24-13)8-4-2-5-9-17)23-16-15(19)25-18(26-16)10-6-3-7-11-18/h13-16,20-21H,2-12H2,1H3/t13-,14-,15+,16-,19-/m1/s1. The smallest absolute Gasteiger partial charge is 0.192 e. The lowest BCUT2D eigenvalue weighted by Gasteiger charge is -2.39. The van der Waals surface area contributed by atoms with Gasteiger partial charge in [0.05, 0.1) is 6.61 Å². The van der Waals surface area contributed by atoms with Crippen molar-refractivity contribution in [3.05, 3.63) is 0 Å². The molecule has 3 aliphatic heterocycles. The Morgan fingerprint density at radius 1 is 0.808 bits per heavy atom. The van der Waals surface area contributed by atoms with Gasteiger partial charge in [-0.2, -0.15) is 0 Å². The molecule has 2 saturated carbocycles. The first-order valence-electron chi connectivity index (χ1n) is 10.3. The minimum Gasteiger partial charge on any atom is -0.370 e. The van der Waals surface area contributed by atoms with Crippen molar-refractivity contribution in [3.8, 4) is 0 Å². The number of hydrogen-bond donors (Lipinski definition) is 2. The van der Waals surface area contributed by atoms with E-state index in [0.29, 0.717) is 6.61 Å². The van der Waals surface area contributed by atoms with Crippen molar-refractivity contribution in [2.24, 2.45) is 0 Å². The van der Waals surface area contributed by atoms with E-state index in [-0.39, 0.29) is 6.10 Å². The summed E-state index contributed by atoms with van der Waals surface area (Å²) in [5.74, 6) is -1.09. The molecule has 5 rings (SSSR count). The number of nitrogens with one attached hydrogen (secondary N) is 1. The molecule has 5 atom stereocenters. The van der Waals surface area contributed by atoms with Crippen LogP contribution >= 0.6 is 0 Å². The largest absolute Gasteiger partial charge is 0.370 e. The Hall–Kier alpha value is -0.280. The SMILES string of the molecule is CN[C@@]1(O)[C@@H]([C@H]2COC3(CCCCC3)O2)O[C@@H]2OC3(CCCCC3)O[C@@H]21. The van der Waals surface area contributed by atoms with Gasteiger partial charge in [-0.1, -0.05) is 12.8 Å². The highest BCUT2D eigenvalue weighted by Crippen LogP contribution is 2.50. The highest BCUT2D eigenvalue weighted by Gasteiger charge is 2.67. The van der Waals surface area contributed by atoms with Gasteiger partial charge in [-0.25, -0.2) is 0 Å². The molecule has 0 aromatic rings. The summed E-state index contributed by atoms with van der Waals surface area (Å²) in [7, 11) is 1.74. The van der Waals surface area contributed by atoms with E-state index in [0.717, 1.165) is 51.4 Å². The fraction of sp³-hybridized carbons (Fsp3) is 1.00. The number of fused-ring (bicyclic) bond motifs is 1. The van der Waals surface area contributed by atoms with E-state index in [1.807, 2.05) is 0 Å². The molecule has 0 aromatic carbocycles. The molecular weight excluding hydrogens is 338 g/mol. The van der Waals surface area contributed by atoms with Crippen LogP contribution in [0.15, 0.2) is 0 Å². The Bertz CT molecular complexity index is 532. The lowest BCUT2D eigenvalue weighted by atomic mass is 9.93. The zero-order chi connectivity index (χ0) is 17.8. The molecule has 2 aliphatic carbocycles. The fourth-order valence-corrected chi connectivity index (χ4v) is 5.46. The van der Waals surface area contributed by atoms with Crippen molar-refractivity contribution in [2.45, 2.75) is 106 Å². The molecule has 2 N–H and O–H groups in total. The van der Waals surface area contributed by atoms with E-state index < -0.39 is 35.8 Å². The Labute approximate surface area is 154 Å². The Morgan fingerprint density at radius 3 is 2.12 bits per heavy atom. The summed E-state index contributed by atoms with van der Waals surface area (Å²) in [6.45, 7) is 0.430. The van der Waals surface area contributed by atoms with E-state index in [1.54, 1.807) is 7.05 Å². The van der Waals surface area contributed by atoms with Crippen molar-refractivity contribution in [1.29, 1.82) is 0 Å². The number of hydrogen-bond acceptors (Lipinski definition) is 7. The van der Waals surface area contributed by atoms with E-state index in [1.165, 1.54) is 12.8 Å². The summed E-state index contributed by atoms with van der Waals surface area (Å²) in [5.41, 5.74) is -1.35. The van der Waals surface area contributed by atoms with Crippen LogP contribution < -0.4 is 5.32 Å². The summed E-state index contributed by atoms with van der Waals surface area (Å²) in [6.07, 6.45) is 8.37. The summed E-state index contributed by atoms with van der Waals surface area (Å²) in [5, 5.41) is 14.5. The number of ether oxygens (including phenoxy) is 5. The van der Waals surface area contributed by atoms with Crippen molar-refractivity contribution in [2.75, 3.05) is 13.7 Å². The second kappa shape index (κ2) is 6.37. The third kappa shape index (κ3) is 2.67. The van der Waals surface area contributed by atoms with Gasteiger partial charge in [0.25, 0.3) is 0 Å². The Balaban J connectivity index is 1.32. The molecule has 0 bridgehead atoms. The predicted molar refractivity (Wildman–Crippen MR) is 91.1 cm³/mol. The van der Waals surface area contributed by atoms with Crippen LogP contribution in [0.4, 0.5) is 0 Å². The Kier molecular flexibility index (Phi) is 4.36. The third-order valence-electron chi connectivity index (χ3n) is 6.91. The van der Waals surface area contributed by atoms with Crippen LogP contribution in [0.2, 0.25) is 0 Å². The summed E-state index contributed by atoms with van der Waals surface area (Å²) >= 11 is 0. The average Bonchev–Trinajstić information content (AvgIpc) is 3.29. The second-order valence-corrected chi connectivity index (χ2v) is 8.57. The number of likely N-dealkylation sites (N-methyl/N-ethyl adjacent to an activating group) is 1. The van der Waals surface area contributed by atoms with Crippen LogP contribution in [0.5, 0.6) is 0 Å². The number of rotatable bonds is 2. The molecule has 0 radical (unpaired) electrons. The summed E-state index contributed by atoms with van der Waals surface area (Å²) < 4.78 is 31.0. The molecule has 26 heavy (non-hydrogen) atoms. The third-order valence-corrected chi connectivity index (χ3v) is 6.91. The van der Waals surface area contributed by atoms with Crippen molar-refractivity contribution < 1.29 is 28.8 Å². The quantitative estimate of drug-likeness (QED) is 0.718. The first-order chi connectivity index (χ1) is 12.6. The average molecular weight is 369 g/mol. The van der Waals surface area contributed by atoms with Gasteiger partial charge in [0.1, 0.15) is 12.2 Å². The number of aliphatic hydroxyl groups is 1. The molecule has 3 heterocycles. The minimum absolute atomic E-state index is 0.328. The van der Waals surface area contributed by atoms with E-state index in [9.17, 15) is 5.11 Å². The monoisotopic (exact) mass is 369 g/mol. The molecule has 7 nitrogen and oxygen atoms in total. The molecule has 148 valence electrons. The first-order valence-corrected chi connectivity index (χ1v) is 10.3. The van der Waals surface area contributed by atoms with Crippen LogP contribution in [-0.2, 0) is 23.7 Å². The molecular formula is C19H31NO6. The fourth-order valence-electron chi connectivity index (χ4n) is 5.46. The lowest BCUT2D eigenvalue weighted by Crippen LogP contribution is -2.62. The molecule has 0 aromatic heterocycles. The van der Waals surface area contributed by atoms with Crippen LogP contribution in [0.25, 0.3) is 0 Å². The summed E-state index contributed by atoms with van der Waals surface area (Å²) in [6, 6.07) is 0. The van der Waals surface area contributed by atoms with Crippen molar-refractivity contribution in [1.82, 2.24) is 5.32 Å². The lowest BCUT2D eigenvalue weighted by molar-refractivity contribution is -0.275. The van der Waals surface area contributed by atoms with Gasteiger partial charge in [0.15, 0.2) is 29.7 Å². The van der Waals surface area contributed by atoms with Crippen LogP contribution in [-0.4, -0.2) is 60.7 Å². The van der Waals surface area contributed by atoms with Gasteiger partial charge in [-0.3, -0.25) is 5.32 Å². The maximum Gasteiger partial charge on any atom is 0.192 e. The second-order valence-electron chi connectivity index (χ2n) is 8.57. The van der Waals surface area contributed by atoms with Gasteiger partial charge in [0, 0.05) is 25.7 Å². The van der Waals surface area contributed by atoms with Gasteiger partial charge < -0.3 is 28.8 Å². The van der Waals surface area contributed by atoms with Crippen LogP contribution in [0.1, 0.15) is 64.2 Å². The van der Waals surface area contributed by atoms with Gasteiger partial charge in [-0.05, 0) is 32.7 Å². The maximum atomic E-state index is 11.4. The van der Waals surface area contributed by atoms with Crippen molar-refractivity contribution in [3.63, 3.8) is 0 Å². The van der Waals surface area contributed by atoms with Crippen LogP contribution in [0.3, 0.4) is 0 Å². The minimum atomic E-state index is -1.35. The molecule has 5 fully saturated rings. The molecule has 7 heteroatoms. The first kappa shape index (κ1) is 17.8. The molecule has 3 saturated heterocycles. The van der Waals surface area contributed by atoms with E-state index in [2.05, 4.69) is 5.32 Å². The maximum absolute atomic E-state index is 11.4. The van der Waals surface area contributed by atoms with Crippen LogP contribution in [0, 0.1) is 0 Å². The van der Waals surface area contributed by atoms with Gasteiger partial charge in [0.2, 0.25) is 0 Å². The molecule has 0 unspecified atom stereocenters. The topological polar surface area (TPSA) is 78.4 Å².